The monoisotopic (exact) mass is 436 g/mol. The van der Waals surface area contributed by atoms with E-state index in [4.69, 9.17) is 0 Å². The van der Waals surface area contributed by atoms with Gasteiger partial charge in [0.1, 0.15) is 5.82 Å². The molecule has 31 heavy (non-hydrogen) atoms. The van der Waals surface area contributed by atoms with Crippen LogP contribution in [0.4, 0.5) is 21.5 Å². The molecule has 0 bridgehead atoms. The Morgan fingerprint density at radius 3 is 2.32 bits per heavy atom. The number of nitrogens with one attached hydrogen (secondary N) is 1. The van der Waals surface area contributed by atoms with Crippen LogP contribution < -0.4 is 10.2 Å². The normalized spacial score (nSPS) is 14.5. The Kier molecular flexibility index (Phi) is 5.37. The van der Waals surface area contributed by atoms with Gasteiger partial charge in [-0.15, -0.1) is 0 Å². The molecular formula is C24H21FN2O3S. The third kappa shape index (κ3) is 3.96. The molecule has 5 nitrogen and oxygen atoms in total. The number of amides is 1. The van der Waals surface area contributed by atoms with E-state index in [1.807, 2.05) is 50.2 Å². The molecule has 0 saturated carbocycles. The smallest absolute Gasteiger partial charge is 0.269 e. The lowest BCUT2D eigenvalue weighted by molar-refractivity contribution is -0.112. The zero-order valence-corrected chi connectivity index (χ0v) is 17.9. The number of nitrogens with zero attached hydrogens (tertiary/aromatic N) is 1. The highest BCUT2D eigenvalue weighted by Gasteiger charge is 2.36. The third-order valence-electron chi connectivity index (χ3n) is 5.16. The lowest BCUT2D eigenvalue weighted by Crippen LogP contribution is -2.28. The first kappa shape index (κ1) is 20.8. The van der Waals surface area contributed by atoms with Crippen LogP contribution in [-0.4, -0.2) is 14.3 Å². The van der Waals surface area contributed by atoms with E-state index in [2.05, 4.69) is 5.32 Å². The molecule has 0 spiro atoms. The first-order chi connectivity index (χ1) is 14.8. The SMILES string of the molecule is CCc1ccc(N2C=C(C(=O)Nc3ccc(C)cc3)S(=O)(=O)c3cc(F)ccc32)cc1. The molecule has 1 amide bonds. The van der Waals surface area contributed by atoms with Crippen LogP contribution >= 0.6 is 0 Å². The van der Waals surface area contributed by atoms with Crippen molar-refractivity contribution in [2.45, 2.75) is 25.2 Å². The van der Waals surface area contributed by atoms with Gasteiger partial charge in [0.05, 0.1) is 10.6 Å². The largest absolute Gasteiger partial charge is 0.321 e. The van der Waals surface area contributed by atoms with Crippen LogP contribution in [-0.2, 0) is 21.1 Å². The van der Waals surface area contributed by atoms with Gasteiger partial charge in [-0.25, -0.2) is 12.8 Å². The number of fused-ring (bicyclic) bond motifs is 1. The summed E-state index contributed by atoms with van der Waals surface area (Å²) >= 11 is 0. The van der Waals surface area contributed by atoms with Crippen LogP contribution in [0.25, 0.3) is 0 Å². The molecule has 1 heterocycles. The molecule has 1 N–H and O–H groups in total. The van der Waals surface area contributed by atoms with Gasteiger partial charge >= 0.3 is 0 Å². The average Bonchev–Trinajstić information content (AvgIpc) is 2.76. The molecule has 0 radical (unpaired) electrons. The molecular weight excluding hydrogens is 415 g/mol. The minimum atomic E-state index is -4.22. The third-order valence-corrected chi connectivity index (χ3v) is 6.94. The summed E-state index contributed by atoms with van der Waals surface area (Å²) in [7, 11) is -4.22. The van der Waals surface area contributed by atoms with Crippen LogP contribution in [0.15, 0.2) is 82.7 Å². The molecule has 4 rings (SSSR count). The molecule has 0 atom stereocenters. The number of hydrogen-bond acceptors (Lipinski definition) is 4. The Morgan fingerprint density at radius 2 is 1.68 bits per heavy atom. The number of carbonyl (C=O) groups is 1. The minimum absolute atomic E-state index is 0.247. The van der Waals surface area contributed by atoms with Crippen molar-refractivity contribution in [3.8, 4) is 0 Å². The van der Waals surface area contributed by atoms with E-state index >= 15 is 0 Å². The van der Waals surface area contributed by atoms with E-state index < -0.39 is 26.5 Å². The Balaban J connectivity index is 1.81. The molecule has 0 aliphatic carbocycles. The van der Waals surface area contributed by atoms with Crippen LogP contribution in [0, 0.1) is 12.7 Å². The number of halogens is 1. The van der Waals surface area contributed by atoms with Crippen molar-refractivity contribution in [3.63, 3.8) is 0 Å². The number of sulfone groups is 1. The number of carbonyl (C=O) groups excluding carboxylic acids is 1. The Hall–Kier alpha value is -3.45. The average molecular weight is 437 g/mol. The summed E-state index contributed by atoms with van der Waals surface area (Å²) in [5.41, 5.74) is 3.55. The molecule has 7 heteroatoms. The Bertz CT molecular complexity index is 1280. The fourth-order valence-electron chi connectivity index (χ4n) is 3.39. The van der Waals surface area contributed by atoms with Gasteiger partial charge in [-0.3, -0.25) is 4.79 Å². The number of rotatable bonds is 4. The number of anilines is 3. The van der Waals surface area contributed by atoms with Crippen molar-refractivity contribution in [2.75, 3.05) is 10.2 Å². The van der Waals surface area contributed by atoms with Crippen molar-refractivity contribution in [3.05, 3.63) is 94.8 Å². The maximum atomic E-state index is 14.0. The Labute approximate surface area is 180 Å². The van der Waals surface area contributed by atoms with Gasteiger partial charge in [0, 0.05) is 17.6 Å². The molecule has 3 aromatic rings. The molecule has 3 aromatic carbocycles. The Morgan fingerprint density at radius 1 is 1.00 bits per heavy atom. The van der Waals surface area contributed by atoms with Crippen molar-refractivity contribution in [1.82, 2.24) is 0 Å². The summed E-state index contributed by atoms with van der Waals surface area (Å²) in [4.78, 5) is 13.9. The first-order valence-electron chi connectivity index (χ1n) is 9.82. The molecule has 0 unspecified atom stereocenters. The van der Waals surface area contributed by atoms with Crippen molar-refractivity contribution < 1.29 is 17.6 Å². The number of benzene rings is 3. The van der Waals surface area contributed by atoms with Crippen molar-refractivity contribution >= 4 is 32.8 Å². The summed E-state index contributed by atoms with van der Waals surface area (Å²) in [6.07, 6.45) is 2.15. The summed E-state index contributed by atoms with van der Waals surface area (Å²) < 4.78 is 40.4. The summed E-state index contributed by atoms with van der Waals surface area (Å²) in [5, 5.41) is 2.62. The van der Waals surface area contributed by atoms with E-state index in [1.165, 1.54) is 18.3 Å². The molecule has 1 aliphatic rings. The zero-order chi connectivity index (χ0) is 22.2. The minimum Gasteiger partial charge on any atom is -0.321 e. The van der Waals surface area contributed by atoms with E-state index in [-0.39, 0.29) is 10.6 Å². The van der Waals surface area contributed by atoms with Gasteiger partial charge in [-0.2, -0.15) is 0 Å². The topological polar surface area (TPSA) is 66.5 Å². The van der Waals surface area contributed by atoms with E-state index in [0.29, 0.717) is 11.4 Å². The standard InChI is InChI=1S/C24H21FN2O3S/c1-3-17-6-11-20(12-7-17)27-15-23(24(28)26-19-9-4-16(2)5-10-19)31(29,30)22-14-18(25)8-13-21(22)27/h4-15H,3H2,1-2H3,(H,26,28). The van der Waals surface area contributed by atoms with Gasteiger partial charge in [0.25, 0.3) is 5.91 Å². The first-order valence-corrected chi connectivity index (χ1v) is 11.3. The fraction of sp³-hybridized carbons (Fsp3) is 0.125. The molecule has 0 aromatic heterocycles. The zero-order valence-electron chi connectivity index (χ0n) is 17.1. The number of hydrogen-bond donors (Lipinski definition) is 1. The maximum absolute atomic E-state index is 14.0. The molecule has 0 saturated heterocycles. The van der Waals surface area contributed by atoms with Crippen LogP contribution in [0.5, 0.6) is 0 Å². The van der Waals surface area contributed by atoms with E-state index in [1.54, 1.807) is 17.0 Å². The number of aryl methyl sites for hydroxylation is 2. The summed E-state index contributed by atoms with van der Waals surface area (Å²) in [6.45, 7) is 3.95. The van der Waals surface area contributed by atoms with Crippen molar-refractivity contribution in [1.29, 1.82) is 0 Å². The second-order valence-corrected chi connectivity index (χ2v) is 9.21. The predicted molar refractivity (Wildman–Crippen MR) is 119 cm³/mol. The van der Waals surface area contributed by atoms with Gasteiger partial charge < -0.3 is 10.2 Å². The molecule has 158 valence electrons. The van der Waals surface area contributed by atoms with Crippen molar-refractivity contribution in [2.24, 2.45) is 0 Å². The summed E-state index contributed by atoms with van der Waals surface area (Å²) in [6, 6.07) is 18.1. The quantitative estimate of drug-likeness (QED) is 0.618. The maximum Gasteiger partial charge on any atom is 0.269 e. The lowest BCUT2D eigenvalue weighted by atomic mass is 10.1. The highest BCUT2D eigenvalue weighted by atomic mass is 32.2. The molecule has 1 aliphatic heterocycles. The second kappa shape index (κ2) is 8.00. The van der Waals surface area contributed by atoms with Gasteiger partial charge in [0.2, 0.25) is 9.84 Å². The van der Waals surface area contributed by atoms with Gasteiger partial charge in [-0.05, 0) is 61.4 Å². The van der Waals surface area contributed by atoms with Gasteiger partial charge in [-0.1, -0.05) is 36.8 Å². The van der Waals surface area contributed by atoms with Crippen LogP contribution in [0.1, 0.15) is 18.1 Å². The molecule has 0 fully saturated rings. The fourth-order valence-corrected chi connectivity index (χ4v) is 4.88. The second-order valence-electron chi connectivity index (χ2n) is 7.32. The van der Waals surface area contributed by atoms with Gasteiger partial charge in [0.15, 0.2) is 4.91 Å². The highest BCUT2D eigenvalue weighted by molar-refractivity contribution is 7.96. The highest BCUT2D eigenvalue weighted by Crippen LogP contribution is 2.40. The van der Waals surface area contributed by atoms with Crippen LogP contribution in [0.3, 0.4) is 0 Å². The summed E-state index contributed by atoms with van der Waals surface area (Å²) in [5.74, 6) is -1.47. The lowest BCUT2D eigenvalue weighted by Gasteiger charge is -2.29. The predicted octanol–water partition coefficient (Wildman–Crippen LogP) is 5.10. The van der Waals surface area contributed by atoms with E-state index in [0.717, 1.165) is 23.6 Å². The van der Waals surface area contributed by atoms with E-state index in [9.17, 15) is 17.6 Å². The van der Waals surface area contributed by atoms with Crippen LogP contribution in [0.2, 0.25) is 0 Å².